The van der Waals surface area contributed by atoms with Crippen LogP contribution in [0.15, 0.2) is 0 Å². The van der Waals surface area contributed by atoms with Gasteiger partial charge in [0.15, 0.2) is 0 Å². The number of halogens is 3. The van der Waals surface area contributed by atoms with E-state index >= 15 is 0 Å². The quantitative estimate of drug-likeness (QED) is 0.553. The molecule has 1 aliphatic rings. The summed E-state index contributed by atoms with van der Waals surface area (Å²) in [7, 11) is 1.72. The first-order valence-corrected chi connectivity index (χ1v) is 7.36. The predicted octanol–water partition coefficient (Wildman–Crippen LogP) is 2.67. The van der Waals surface area contributed by atoms with Gasteiger partial charge in [0.2, 0.25) is 0 Å². The van der Waals surface area contributed by atoms with Gasteiger partial charge in [0, 0.05) is 6.61 Å². The molecule has 1 N–H and O–H groups in total. The standard InChI is InChI=1S/C14H24F3NO3/c1-3-21-12(19)13(18-2)7-4-5-11(13)6-9-20-10-8-14(15,16)17/h11,18H,3-10H2,1-2H3. The van der Waals surface area contributed by atoms with E-state index in [9.17, 15) is 18.0 Å². The molecule has 0 saturated heterocycles. The minimum absolute atomic E-state index is 0.0347. The molecule has 1 fully saturated rings. The van der Waals surface area contributed by atoms with Gasteiger partial charge in [-0.25, -0.2) is 0 Å². The molecule has 1 saturated carbocycles. The molecule has 0 heterocycles. The van der Waals surface area contributed by atoms with E-state index < -0.39 is 18.1 Å². The minimum Gasteiger partial charge on any atom is -0.465 e. The molecule has 0 radical (unpaired) electrons. The zero-order chi connectivity index (χ0) is 15.9. The Kier molecular flexibility index (Phi) is 6.93. The number of hydrogen-bond donors (Lipinski definition) is 1. The topological polar surface area (TPSA) is 47.6 Å². The van der Waals surface area contributed by atoms with Gasteiger partial charge in [-0.05, 0) is 39.2 Å². The molecule has 2 atom stereocenters. The Hall–Kier alpha value is -0.820. The Labute approximate surface area is 123 Å². The van der Waals surface area contributed by atoms with Crippen LogP contribution in [0.5, 0.6) is 0 Å². The highest BCUT2D eigenvalue weighted by molar-refractivity contribution is 5.81. The molecule has 0 bridgehead atoms. The second-order valence-electron chi connectivity index (χ2n) is 5.30. The average molecular weight is 311 g/mol. The van der Waals surface area contributed by atoms with Gasteiger partial charge in [-0.3, -0.25) is 4.79 Å². The maximum Gasteiger partial charge on any atom is 0.391 e. The smallest absolute Gasteiger partial charge is 0.391 e. The lowest BCUT2D eigenvalue weighted by molar-refractivity contribution is -0.153. The Balaban J connectivity index is 2.43. The van der Waals surface area contributed by atoms with Crippen molar-refractivity contribution in [2.24, 2.45) is 5.92 Å². The van der Waals surface area contributed by atoms with Crippen molar-refractivity contribution in [1.82, 2.24) is 5.32 Å². The third kappa shape index (κ3) is 5.14. The zero-order valence-corrected chi connectivity index (χ0v) is 12.6. The van der Waals surface area contributed by atoms with Crippen molar-refractivity contribution >= 4 is 5.97 Å². The number of nitrogens with one attached hydrogen (secondary N) is 1. The lowest BCUT2D eigenvalue weighted by Gasteiger charge is -2.32. The molecule has 0 spiro atoms. The highest BCUT2D eigenvalue weighted by Crippen LogP contribution is 2.38. The number of likely N-dealkylation sites (N-methyl/N-ethyl adjacent to an activating group) is 1. The van der Waals surface area contributed by atoms with Gasteiger partial charge < -0.3 is 14.8 Å². The number of hydrogen-bond acceptors (Lipinski definition) is 4. The number of alkyl halides is 3. The van der Waals surface area contributed by atoms with Crippen LogP contribution in [-0.2, 0) is 14.3 Å². The monoisotopic (exact) mass is 311 g/mol. The van der Waals surface area contributed by atoms with Crippen molar-refractivity contribution in [3.63, 3.8) is 0 Å². The SMILES string of the molecule is CCOC(=O)C1(NC)CCCC1CCOCCC(F)(F)F. The molecular formula is C14H24F3NO3. The van der Waals surface area contributed by atoms with Gasteiger partial charge in [0.05, 0.1) is 19.6 Å². The zero-order valence-electron chi connectivity index (χ0n) is 12.6. The van der Waals surface area contributed by atoms with Crippen LogP contribution in [0.25, 0.3) is 0 Å². The van der Waals surface area contributed by atoms with Crippen LogP contribution in [0.4, 0.5) is 13.2 Å². The van der Waals surface area contributed by atoms with Gasteiger partial charge in [-0.1, -0.05) is 6.42 Å². The van der Waals surface area contributed by atoms with E-state index in [-0.39, 0.29) is 25.1 Å². The van der Waals surface area contributed by atoms with Crippen LogP contribution in [0.2, 0.25) is 0 Å². The fraction of sp³-hybridized carbons (Fsp3) is 0.929. The summed E-state index contributed by atoms with van der Waals surface area (Å²) in [6.07, 6.45) is -2.14. The second kappa shape index (κ2) is 7.98. The van der Waals surface area contributed by atoms with E-state index in [1.54, 1.807) is 14.0 Å². The summed E-state index contributed by atoms with van der Waals surface area (Å²) in [5.74, 6) is -0.238. The number of carbonyl (C=O) groups is 1. The molecule has 124 valence electrons. The molecular weight excluding hydrogens is 287 g/mol. The van der Waals surface area contributed by atoms with Gasteiger partial charge in [0.1, 0.15) is 5.54 Å². The average Bonchev–Trinajstić information content (AvgIpc) is 2.81. The summed E-state index contributed by atoms with van der Waals surface area (Å²) in [5.41, 5.74) is -0.719. The Bertz CT molecular complexity index is 336. The molecule has 21 heavy (non-hydrogen) atoms. The molecule has 0 amide bonds. The predicted molar refractivity (Wildman–Crippen MR) is 71.9 cm³/mol. The molecule has 7 heteroatoms. The highest BCUT2D eigenvalue weighted by atomic mass is 19.4. The molecule has 1 aliphatic carbocycles. The molecule has 1 rings (SSSR count). The van der Waals surface area contributed by atoms with Crippen LogP contribution in [0.1, 0.15) is 39.0 Å². The molecule has 0 aromatic carbocycles. The third-order valence-corrected chi connectivity index (χ3v) is 4.05. The summed E-state index contributed by atoms with van der Waals surface area (Å²) < 4.78 is 46.2. The largest absolute Gasteiger partial charge is 0.465 e. The van der Waals surface area contributed by atoms with Crippen molar-refractivity contribution < 1.29 is 27.4 Å². The van der Waals surface area contributed by atoms with Gasteiger partial charge in [-0.15, -0.1) is 0 Å². The van der Waals surface area contributed by atoms with Crippen molar-refractivity contribution in [3.05, 3.63) is 0 Å². The molecule has 4 nitrogen and oxygen atoms in total. The summed E-state index contributed by atoms with van der Waals surface area (Å²) >= 11 is 0. The van der Waals surface area contributed by atoms with E-state index in [1.807, 2.05) is 0 Å². The summed E-state index contributed by atoms with van der Waals surface area (Å²) in [4.78, 5) is 12.2. The van der Waals surface area contributed by atoms with Crippen molar-refractivity contribution in [3.8, 4) is 0 Å². The summed E-state index contributed by atoms with van der Waals surface area (Å²) in [6.45, 7) is 1.97. The Morgan fingerprint density at radius 3 is 2.67 bits per heavy atom. The number of ether oxygens (including phenoxy) is 2. The first-order chi connectivity index (χ1) is 9.85. The lowest BCUT2D eigenvalue weighted by Crippen LogP contribution is -2.54. The molecule has 0 aromatic heterocycles. The Morgan fingerprint density at radius 1 is 1.38 bits per heavy atom. The normalized spacial score (nSPS) is 26.0. The third-order valence-electron chi connectivity index (χ3n) is 4.05. The van der Waals surface area contributed by atoms with Gasteiger partial charge in [-0.2, -0.15) is 13.2 Å². The van der Waals surface area contributed by atoms with E-state index in [0.29, 0.717) is 19.4 Å². The molecule has 2 unspecified atom stereocenters. The van der Waals surface area contributed by atoms with Crippen LogP contribution in [0.3, 0.4) is 0 Å². The van der Waals surface area contributed by atoms with Gasteiger partial charge in [0.25, 0.3) is 0 Å². The summed E-state index contributed by atoms with van der Waals surface area (Å²) in [6, 6.07) is 0. The van der Waals surface area contributed by atoms with E-state index in [1.165, 1.54) is 0 Å². The van der Waals surface area contributed by atoms with Crippen molar-refractivity contribution in [1.29, 1.82) is 0 Å². The van der Waals surface area contributed by atoms with E-state index in [0.717, 1.165) is 12.8 Å². The van der Waals surface area contributed by atoms with Crippen LogP contribution >= 0.6 is 0 Å². The minimum atomic E-state index is -4.19. The van der Waals surface area contributed by atoms with Crippen LogP contribution in [-0.4, -0.2) is 44.6 Å². The van der Waals surface area contributed by atoms with E-state index in [2.05, 4.69) is 5.32 Å². The fourth-order valence-electron chi connectivity index (χ4n) is 2.94. The highest BCUT2D eigenvalue weighted by Gasteiger charge is 2.48. The lowest BCUT2D eigenvalue weighted by atomic mass is 9.85. The van der Waals surface area contributed by atoms with Crippen LogP contribution in [0, 0.1) is 5.92 Å². The fourth-order valence-corrected chi connectivity index (χ4v) is 2.94. The first kappa shape index (κ1) is 18.2. The maximum absolute atomic E-state index is 12.2. The van der Waals surface area contributed by atoms with Crippen LogP contribution < -0.4 is 5.32 Å². The summed E-state index contributed by atoms with van der Waals surface area (Å²) in [5, 5.41) is 3.07. The number of rotatable bonds is 8. The second-order valence-corrected chi connectivity index (χ2v) is 5.30. The molecule has 0 aliphatic heterocycles. The molecule has 0 aromatic rings. The van der Waals surface area contributed by atoms with Gasteiger partial charge >= 0.3 is 12.1 Å². The Morgan fingerprint density at radius 2 is 2.10 bits per heavy atom. The maximum atomic E-state index is 12.2. The number of carbonyl (C=O) groups excluding carboxylic acids is 1. The first-order valence-electron chi connectivity index (χ1n) is 7.36. The van der Waals surface area contributed by atoms with Crippen molar-refractivity contribution in [2.75, 3.05) is 26.9 Å². The van der Waals surface area contributed by atoms with E-state index in [4.69, 9.17) is 9.47 Å². The number of esters is 1. The van der Waals surface area contributed by atoms with Crippen molar-refractivity contribution in [2.45, 2.75) is 50.7 Å².